The van der Waals surface area contributed by atoms with Crippen LogP contribution in [-0.4, -0.2) is 63.0 Å². The second-order valence-corrected chi connectivity index (χ2v) is 19.8. The molecule has 3 heterocycles. The highest BCUT2D eigenvalue weighted by Crippen LogP contribution is 2.60. The van der Waals surface area contributed by atoms with Crippen LogP contribution in [0.15, 0.2) is 35.2 Å². The van der Waals surface area contributed by atoms with Crippen molar-refractivity contribution in [1.82, 2.24) is 0 Å². The van der Waals surface area contributed by atoms with Crippen molar-refractivity contribution in [3.63, 3.8) is 0 Å². The van der Waals surface area contributed by atoms with Crippen molar-refractivity contribution in [3.05, 3.63) is 52.2 Å². The summed E-state index contributed by atoms with van der Waals surface area (Å²) in [4.78, 5) is 26.8. The van der Waals surface area contributed by atoms with Gasteiger partial charge in [-0.1, -0.05) is 0 Å². The Morgan fingerprint density at radius 2 is 1.59 bits per heavy atom. The third-order valence-electron chi connectivity index (χ3n) is 10.7. The molecule has 7 aliphatic rings. The van der Waals surface area contributed by atoms with Gasteiger partial charge in [0, 0.05) is 10.7 Å². The van der Waals surface area contributed by atoms with E-state index in [-0.39, 0.29) is 28.4 Å². The second kappa shape index (κ2) is 11.4. The zero-order valence-electron chi connectivity index (χ0n) is 23.7. The van der Waals surface area contributed by atoms with Crippen LogP contribution in [0.5, 0.6) is 5.75 Å². The molecular formula is C30H26I3O11S2-. The molecule has 0 aromatic heterocycles. The summed E-state index contributed by atoms with van der Waals surface area (Å²) in [6, 6.07) is 7.45. The lowest BCUT2D eigenvalue weighted by Crippen LogP contribution is -2.50. The van der Waals surface area contributed by atoms with Crippen molar-refractivity contribution in [2.45, 2.75) is 72.6 Å². The molecule has 3 aliphatic heterocycles. The summed E-state index contributed by atoms with van der Waals surface area (Å²) in [6.45, 7) is 0. The quantitative estimate of drug-likeness (QED) is 0.0996. The van der Waals surface area contributed by atoms with Crippen molar-refractivity contribution in [2.24, 2.45) is 29.6 Å². The van der Waals surface area contributed by atoms with Gasteiger partial charge in [-0.3, -0.25) is 8.98 Å². The van der Waals surface area contributed by atoms with E-state index in [9.17, 15) is 31.0 Å². The average molecular weight is 1010 g/mol. The van der Waals surface area contributed by atoms with Crippen LogP contribution in [0.2, 0.25) is 0 Å². The van der Waals surface area contributed by atoms with Crippen molar-refractivity contribution in [1.29, 1.82) is 0 Å². The maximum atomic E-state index is 13.8. The molecule has 0 amide bonds. The van der Waals surface area contributed by atoms with Gasteiger partial charge in [0.1, 0.15) is 45.3 Å². The first-order valence-corrected chi connectivity index (χ1v) is 21.1. The second-order valence-electron chi connectivity index (χ2n) is 13.3. The first-order chi connectivity index (χ1) is 21.7. The number of hydrogen-bond acceptors (Lipinski definition) is 11. The number of hydrogen-bond donors (Lipinski definition) is 0. The highest BCUT2D eigenvalue weighted by atomic mass is 127. The van der Waals surface area contributed by atoms with Gasteiger partial charge in [0.25, 0.3) is 10.1 Å². The number of rotatable bonds is 6. The molecule has 2 aromatic rings. The topological polar surface area (TPSA) is 162 Å². The Hall–Kier alpha value is -0.650. The number of fused-ring (bicyclic) bond motifs is 1. The van der Waals surface area contributed by atoms with Gasteiger partial charge in [0.05, 0.1) is 10.5 Å². The molecule has 4 aliphatic carbocycles. The molecular weight excluding hydrogens is 981 g/mol. The van der Waals surface area contributed by atoms with Crippen LogP contribution < -0.4 is 4.74 Å². The standard InChI is InChI=1S/C30H27I3O11S2/c31-15-8-18(23(33)19(32)9-15)29(34)43-25-24-22(28-27(42-24)26(25)44-46(28,39)40)30(35)41-16-1-2-20(45(36,37)38)17(10-16)21-13-4-11-3-12(6-13)7-14(21)5-11/h1-2,8-14,21-22,24-28H,3-7H2,(H,36,37,38)/p-1. The molecule has 6 unspecified atom stereocenters. The molecule has 3 saturated heterocycles. The predicted molar refractivity (Wildman–Crippen MR) is 183 cm³/mol. The summed E-state index contributed by atoms with van der Waals surface area (Å²) in [5.41, 5.74) is 0.658. The fourth-order valence-corrected chi connectivity index (χ4v) is 14.2. The Labute approximate surface area is 306 Å². The predicted octanol–water partition coefficient (Wildman–Crippen LogP) is 4.57. The summed E-state index contributed by atoms with van der Waals surface area (Å²) in [5, 5.41) is -1.35. The highest BCUT2D eigenvalue weighted by molar-refractivity contribution is 14.1. The van der Waals surface area contributed by atoms with E-state index in [2.05, 4.69) is 45.2 Å². The van der Waals surface area contributed by atoms with E-state index < -0.39 is 67.8 Å². The van der Waals surface area contributed by atoms with Gasteiger partial charge in [-0.25, -0.2) is 13.2 Å². The van der Waals surface area contributed by atoms with E-state index in [1.54, 1.807) is 6.07 Å². The largest absolute Gasteiger partial charge is 0.744 e. The van der Waals surface area contributed by atoms with Crippen molar-refractivity contribution in [3.8, 4) is 5.75 Å². The lowest BCUT2D eigenvalue weighted by molar-refractivity contribution is -0.142. The molecule has 7 fully saturated rings. The Kier molecular flexibility index (Phi) is 8.10. The maximum Gasteiger partial charge on any atom is 0.339 e. The van der Waals surface area contributed by atoms with Crippen LogP contribution >= 0.6 is 67.8 Å². The zero-order chi connectivity index (χ0) is 32.4. The van der Waals surface area contributed by atoms with Gasteiger partial charge in [-0.05, 0) is 165 Å². The van der Waals surface area contributed by atoms with Crippen LogP contribution in [0, 0.1) is 40.3 Å². The molecule has 6 atom stereocenters. The lowest BCUT2D eigenvalue weighted by Gasteiger charge is -2.55. The summed E-state index contributed by atoms with van der Waals surface area (Å²) in [7, 11) is -9.09. The molecule has 6 bridgehead atoms. The van der Waals surface area contributed by atoms with E-state index in [4.69, 9.17) is 18.4 Å². The van der Waals surface area contributed by atoms with Crippen molar-refractivity contribution >= 4 is 99.9 Å². The van der Waals surface area contributed by atoms with Crippen LogP contribution in [0.4, 0.5) is 0 Å². The van der Waals surface area contributed by atoms with Gasteiger partial charge >= 0.3 is 11.9 Å². The minimum atomic E-state index is -4.81. The van der Waals surface area contributed by atoms with Crippen LogP contribution in [0.25, 0.3) is 0 Å². The van der Waals surface area contributed by atoms with Crippen molar-refractivity contribution in [2.75, 3.05) is 0 Å². The van der Waals surface area contributed by atoms with Gasteiger partial charge in [-0.2, -0.15) is 8.42 Å². The molecule has 2 aromatic carbocycles. The maximum absolute atomic E-state index is 13.8. The molecule has 246 valence electrons. The van der Waals surface area contributed by atoms with E-state index in [1.807, 2.05) is 28.7 Å². The number of ether oxygens (including phenoxy) is 3. The molecule has 0 spiro atoms. The van der Waals surface area contributed by atoms with E-state index in [1.165, 1.54) is 24.6 Å². The van der Waals surface area contributed by atoms with Gasteiger partial charge in [0.2, 0.25) is 0 Å². The monoisotopic (exact) mass is 1010 g/mol. The smallest absolute Gasteiger partial charge is 0.339 e. The van der Waals surface area contributed by atoms with Gasteiger partial charge in [-0.15, -0.1) is 0 Å². The summed E-state index contributed by atoms with van der Waals surface area (Å²) in [6.07, 6.45) is 0.643. The normalized spacial score (nSPS) is 37.9. The molecule has 11 nitrogen and oxygen atoms in total. The number of carbonyl (C=O) groups excluding carboxylic acids is 2. The van der Waals surface area contributed by atoms with E-state index in [0.29, 0.717) is 26.5 Å². The van der Waals surface area contributed by atoms with Crippen LogP contribution in [0.1, 0.15) is 53.9 Å². The molecule has 4 saturated carbocycles. The molecule has 0 radical (unpaired) electrons. The number of halogens is 3. The summed E-state index contributed by atoms with van der Waals surface area (Å²) >= 11 is 6.23. The lowest BCUT2D eigenvalue weighted by atomic mass is 9.51. The minimum Gasteiger partial charge on any atom is -0.744 e. The average Bonchev–Trinajstić information content (AvgIpc) is 3.57. The van der Waals surface area contributed by atoms with Crippen LogP contribution in [-0.2, 0) is 38.7 Å². The minimum absolute atomic E-state index is 0.00776. The molecule has 46 heavy (non-hydrogen) atoms. The Balaban J connectivity index is 1.09. The number of carbonyl (C=O) groups is 2. The first kappa shape index (κ1) is 32.5. The van der Waals surface area contributed by atoms with E-state index in [0.717, 1.165) is 32.8 Å². The Morgan fingerprint density at radius 1 is 0.913 bits per heavy atom. The molecule has 9 rings (SSSR count). The Morgan fingerprint density at radius 3 is 2.24 bits per heavy atom. The Bertz CT molecular complexity index is 1870. The SMILES string of the molecule is O=C(OC1C2OS(=O)(=O)C3C2OC1C3C(=O)Oc1ccc(S(=O)(=O)[O-])c(C2C3CC4CC(C3)CC2C4)c1)c1cc(I)cc(I)c1I. The third-order valence-corrected chi connectivity index (χ3v) is 17.0. The van der Waals surface area contributed by atoms with Gasteiger partial charge in [0.15, 0.2) is 6.10 Å². The fourth-order valence-electron chi connectivity index (χ4n) is 9.32. The number of benzene rings is 2. The summed E-state index contributed by atoms with van der Waals surface area (Å²) < 4.78 is 88.4. The first-order valence-electron chi connectivity index (χ1n) is 14.9. The van der Waals surface area contributed by atoms with Gasteiger partial charge < -0.3 is 18.8 Å². The molecule has 16 heteroatoms. The van der Waals surface area contributed by atoms with Crippen LogP contribution in [0.3, 0.4) is 0 Å². The fraction of sp³-hybridized carbons (Fsp3) is 0.533. The van der Waals surface area contributed by atoms with E-state index >= 15 is 0 Å². The zero-order valence-corrected chi connectivity index (χ0v) is 31.8. The molecule has 0 N–H and O–H groups in total. The third kappa shape index (κ3) is 5.28. The summed E-state index contributed by atoms with van der Waals surface area (Å²) in [5.74, 6) is -1.42. The van der Waals surface area contributed by atoms with Crippen molar-refractivity contribution < 1.29 is 49.4 Å². The highest BCUT2D eigenvalue weighted by Gasteiger charge is 2.74. The number of esters is 2.